The maximum atomic E-state index is 12.1. The van der Waals surface area contributed by atoms with Crippen LogP contribution in [0.2, 0.25) is 20.1 Å². The van der Waals surface area contributed by atoms with Crippen molar-refractivity contribution in [1.29, 1.82) is 0 Å². The maximum absolute atomic E-state index is 12.1. The molecule has 0 saturated heterocycles. The average Bonchev–Trinajstić information content (AvgIpc) is 2.71. The minimum Gasteiger partial charge on any atom is -0.482 e. The molecule has 0 bridgehead atoms. The molecular weight excluding hydrogens is 466 g/mol. The summed E-state index contributed by atoms with van der Waals surface area (Å²) in [7, 11) is 0. The summed E-state index contributed by atoms with van der Waals surface area (Å²) in [4.78, 5) is 12.1. The van der Waals surface area contributed by atoms with Gasteiger partial charge in [0.2, 0.25) is 0 Å². The van der Waals surface area contributed by atoms with E-state index < -0.39 is 0 Å². The van der Waals surface area contributed by atoms with Gasteiger partial charge in [-0.3, -0.25) is 4.79 Å². The first-order valence-corrected chi connectivity index (χ1v) is 10.5. The highest BCUT2D eigenvalue weighted by molar-refractivity contribution is 6.42. The number of hydrogen-bond donors (Lipinski definition) is 2. The summed E-state index contributed by atoms with van der Waals surface area (Å²) >= 11 is 24.3. The highest BCUT2D eigenvalue weighted by Crippen LogP contribution is 2.28. The third-order valence-electron chi connectivity index (χ3n) is 4.31. The second-order valence-corrected chi connectivity index (χ2v) is 8.13. The molecule has 0 heterocycles. The van der Waals surface area contributed by atoms with Crippen LogP contribution < -0.4 is 15.4 Å². The van der Waals surface area contributed by atoms with Crippen LogP contribution >= 0.6 is 46.4 Å². The molecule has 2 N–H and O–H groups in total. The van der Waals surface area contributed by atoms with Gasteiger partial charge in [0.25, 0.3) is 5.91 Å². The standard InChI is InChI=1S/C22H18Cl4N2O2/c1-13-16(23)3-2-4-20(13)27-11-14-5-8-21(19(26)9-14)30-12-22(29)28-15-6-7-17(24)18(25)10-15/h2-10,27H,11-12H2,1H3,(H,28,29). The number of nitrogens with one attached hydrogen (secondary N) is 2. The van der Waals surface area contributed by atoms with Crippen LogP contribution in [0.4, 0.5) is 11.4 Å². The lowest BCUT2D eigenvalue weighted by Crippen LogP contribution is -2.20. The first-order valence-electron chi connectivity index (χ1n) is 8.98. The molecule has 0 aromatic heterocycles. The number of hydrogen-bond acceptors (Lipinski definition) is 3. The summed E-state index contributed by atoms with van der Waals surface area (Å²) in [5.41, 5.74) is 3.44. The predicted octanol–water partition coefficient (Wildman–Crippen LogP) is 7.24. The van der Waals surface area contributed by atoms with Crippen LogP contribution in [0.25, 0.3) is 0 Å². The zero-order chi connectivity index (χ0) is 21.7. The molecule has 4 nitrogen and oxygen atoms in total. The summed E-state index contributed by atoms with van der Waals surface area (Å²) < 4.78 is 5.54. The minimum absolute atomic E-state index is 0.195. The molecule has 0 fully saturated rings. The van der Waals surface area contributed by atoms with Gasteiger partial charge in [0.05, 0.1) is 15.1 Å². The number of benzene rings is 3. The van der Waals surface area contributed by atoms with Crippen LogP contribution in [0.5, 0.6) is 5.75 Å². The zero-order valence-electron chi connectivity index (χ0n) is 15.9. The second-order valence-electron chi connectivity index (χ2n) is 6.50. The molecule has 1 amide bonds. The first kappa shape index (κ1) is 22.6. The lowest BCUT2D eigenvalue weighted by Gasteiger charge is -2.13. The van der Waals surface area contributed by atoms with E-state index in [0.717, 1.165) is 16.8 Å². The van der Waals surface area contributed by atoms with Crippen LogP contribution in [0.3, 0.4) is 0 Å². The highest BCUT2D eigenvalue weighted by atomic mass is 35.5. The summed E-state index contributed by atoms with van der Waals surface area (Å²) in [6.07, 6.45) is 0. The molecule has 30 heavy (non-hydrogen) atoms. The van der Waals surface area contributed by atoms with Crippen molar-refractivity contribution in [2.24, 2.45) is 0 Å². The van der Waals surface area contributed by atoms with E-state index in [1.165, 1.54) is 0 Å². The number of halogens is 4. The van der Waals surface area contributed by atoms with E-state index >= 15 is 0 Å². The van der Waals surface area contributed by atoms with Gasteiger partial charge >= 0.3 is 0 Å². The normalized spacial score (nSPS) is 10.6. The predicted molar refractivity (Wildman–Crippen MR) is 126 cm³/mol. The lowest BCUT2D eigenvalue weighted by atomic mass is 10.1. The molecule has 0 atom stereocenters. The van der Waals surface area contributed by atoms with E-state index in [9.17, 15) is 4.79 Å². The van der Waals surface area contributed by atoms with Crippen LogP contribution in [0.15, 0.2) is 54.6 Å². The molecule has 0 aliphatic rings. The van der Waals surface area contributed by atoms with Gasteiger partial charge in [-0.15, -0.1) is 0 Å². The largest absolute Gasteiger partial charge is 0.482 e. The van der Waals surface area contributed by atoms with Crippen molar-refractivity contribution in [3.8, 4) is 5.75 Å². The summed E-state index contributed by atoms with van der Waals surface area (Å²) in [6, 6.07) is 15.9. The van der Waals surface area contributed by atoms with Crippen molar-refractivity contribution in [1.82, 2.24) is 0 Å². The van der Waals surface area contributed by atoms with Crippen molar-refractivity contribution in [3.05, 3.63) is 85.8 Å². The Morgan fingerprint density at radius 2 is 1.70 bits per heavy atom. The SMILES string of the molecule is Cc1c(Cl)cccc1NCc1ccc(OCC(=O)Nc2ccc(Cl)c(Cl)c2)c(Cl)c1. The average molecular weight is 484 g/mol. The molecule has 0 aliphatic heterocycles. The number of carbonyl (C=O) groups excluding carboxylic acids is 1. The van der Waals surface area contributed by atoms with Gasteiger partial charge in [-0.05, 0) is 60.5 Å². The fraction of sp³-hybridized carbons (Fsp3) is 0.136. The van der Waals surface area contributed by atoms with Gasteiger partial charge < -0.3 is 15.4 Å². The Balaban J connectivity index is 1.55. The smallest absolute Gasteiger partial charge is 0.262 e. The number of carbonyl (C=O) groups is 1. The second kappa shape index (κ2) is 10.3. The molecule has 3 rings (SSSR count). The number of anilines is 2. The summed E-state index contributed by atoms with van der Waals surface area (Å²) in [6.45, 7) is 2.33. The molecular formula is C22H18Cl4N2O2. The van der Waals surface area contributed by atoms with Gasteiger partial charge in [0.1, 0.15) is 5.75 Å². The van der Waals surface area contributed by atoms with Gasteiger partial charge in [-0.2, -0.15) is 0 Å². The number of rotatable bonds is 7. The molecule has 3 aromatic carbocycles. The Morgan fingerprint density at radius 3 is 2.43 bits per heavy atom. The van der Waals surface area contributed by atoms with Gasteiger partial charge in [0.15, 0.2) is 6.61 Å². The van der Waals surface area contributed by atoms with Crippen LogP contribution in [-0.2, 0) is 11.3 Å². The van der Waals surface area contributed by atoms with Gasteiger partial charge in [-0.1, -0.05) is 58.5 Å². The van der Waals surface area contributed by atoms with Crippen molar-refractivity contribution in [3.63, 3.8) is 0 Å². The van der Waals surface area contributed by atoms with E-state index in [0.29, 0.717) is 38.1 Å². The molecule has 0 radical (unpaired) electrons. The number of ether oxygens (including phenoxy) is 1. The Morgan fingerprint density at radius 1 is 0.900 bits per heavy atom. The third-order valence-corrected chi connectivity index (χ3v) is 5.75. The van der Waals surface area contributed by atoms with Crippen LogP contribution in [0.1, 0.15) is 11.1 Å². The van der Waals surface area contributed by atoms with Crippen molar-refractivity contribution < 1.29 is 9.53 Å². The van der Waals surface area contributed by atoms with Gasteiger partial charge in [0, 0.05) is 22.9 Å². The summed E-state index contributed by atoms with van der Waals surface area (Å²) in [5, 5.41) is 7.92. The van der Waals surface area contributed by atoms with Gasteiger partial charge in [-0.25, -0.2) is 0 Å². The third kappa shape index (κ3) is 5.96. The van der Waals surface area contributed by atoms with E-state index in [1.807, 2.05) is 31.2 Å². The van der Waals surface area contributed by atoms with E-state index in [4.69, 9.17) is 51.1 Å². The van der Waals surface area contributed by atoms with E-state index in [-0.39, 0.29) is 12.5 Å². The molecule has 8 heteroatoms. The van der Waals surface area contributed by atoms with E-state index in [2.05, 4.69) is 10.6 Å². The fourth-order valence-electron chi connectivity index (χ4n) is 2.68. The molecule has 156 valence electrons. The molecule has 0 unspecified atom stereocenters. The van der Waals surface area contributed by atoms with Crippen LogP contribution in [-0.4, -0.2) is 12.5 Å². The highest BCUT2D eigenvalue weighted by Gasteiger charge is 2.09. The van der Waals surface area contributed by atoms with Crippen molar-refractivity contribution in [2.45, 2.75) is 13.5 Å². The van der Waals surface area contributed by atoms with Crippen molar-refractivity contribution >= 4 is 63.7 Å². The van der Waals surface area contributed by atoms with Crippen LogP contribution in [0, 0.1) is 6.92 Å². The quantitative estimate of drug-likeness (QED) is 0.372. The monoisotopic (exact) mass is 482 g/mol. The number of amides is 1. The maximum Gasteiger partial charge on any atom is 0.262 e. The molecule has 0 spiro atoms. The topological polar surface area (TPSA) is 50.4 Å². The lowest BCUT2D eigenvalue weighted by molar-refractivity contribution is -0.118. The Labute approximate surface area is 195 Å². The summed E-state index contributed by atoms with van der Waals surface area (Å²) in [5.74, 6) is 0.0790. The molecule has 0 saturated carbocycles. The first-order chi connectivity index (χ1) is 14.3. The Bertz CT molecular complexity index is 1070. The Kier molecular flexibility index (Phi) is 7.73. The zero-order valence-corrected chi connectivity index (χ0v) is 19.0. The van der Waals surface area contributed by atoms with Crippen molar-refractivity contribution in [2.75, 3.05) is 17.2 Å². The Hall–Kier alpha value is -2.11. The minimum atomic E-state index is -0.341. The molecule has 0 aliphatic carbocycles. The molecule has 3 aromatic rings. The van der Waals surface area contributed by atoms with E-state index in [1.54, 1.807) is 30.3 Å². The fourth-order valence-corrected chi connectivity index (χ4v) is 3.41.